The second-order valence-electron chi connectivity index (χ2n) is 4.27. The maximum atomic E-state index is 12.0. The number of ether oxygens (including phenoxy) is 1. The number of hydrogen-bond donors (Lipinski definition) is 1. The van der Waals surface area contributed by atoms with Crippen LogP contribution in [0.25, 0.3) is 0 Å². The third-order valence-corrected chi connectivity index (χ3v) is 2.54. The van der Waals surface area contributed by atoms with Crippen molar-refractivity contribution in [1.82, 2.24) is 4.90 Å². The molecule has 5 nitrogen and oxygen atoms in total. The van der Waals surface area contributed by atoms with E-state index >= 15 is 0 Å². The van der Waals surface area contributed by atoms with Crippen LogP contribution >= 0.6 is 0 Å². The topological polar surface area (TPSA) is 72.6 Å². The molecule has 1 amide bonds. The summed E-state index contributed by atoms with van der Waals surface area (Å²) in [5, 5.41) is 0. The third-order valence-electron chi connectivity index (χ3n) is 2.54. The number of rotatable bonds is 6. The van der Waals surface area contributed by atoms with Crippen molar-refractivity contribution in [1.29, 1.82) is 0 Å². The normalized spacial score (nSPS) is 11.7. The van der Waals surface area contributed by atoms with E-state index in [0.717, 1.165) is 5.56 Å². The molecular formula is C14H20N2O3. The molecule has 2 N–H and O–H groups in total. The van der Waals surface area contributed by atoms with Crippen LogP contribution in [-0.4, -0.2) is 36.0 Å². The lowest BCUT2D eigenvalue weighted by atomic mass is 10.2. The molecule has 0 spiro atoms. The lowest BCUT2D eigenvalue weighted by Gasteiger charge is -2.23. The monoisotopic (exact) mass is 264 g/mol. The van der Waals surface area contributed by atoms with Crippen molar-refractivity contribution in [3.05, 3.63) is 35.9 Å². The fraction of sp³-hybridized carbons (Fsp3) is 0.429. The molecule has 0 aliphatic carbocycles. The molecule has 104 valence electrons. The van der Waals surface area contributed by atoms with Crippen LogP contribution < -0.4 is 5.73 Å². The van der Waals surface area contributed by atoms with Gasteiger partial charge in [-0.3, -0.25) is 9.59 Å². The Morgan fingerprint density at radius 2 is 1.95 bits per heavy atom. The molecule has 1 aromatic carbocycles. The van der Waals surface area contributed by atoms with Crippen molar-refractivity contribution in [2.75, 3.05) is 13.2 Å². The van der Waals surface area contributed by atoms with Crippen LogP contribution in [0.15, 0.2) is 30.3 Å². The Morgan fingerprint density at radius 3 is 2.47 bits per heavy atom. The Labute approximate surface area is 113 Å². The predicted molar refractivity (Wildman–Crippen MR) is 72.1 cm³/mol. The SMILES string of the molecule is CCOC(=O)CN(Cc1ccccc1)C(=O)C(C)N. The van der Waals surface area contributed by atoms with Crippen molar-refractivity contribution in [2.24, 2.45) is 5.73 Å². The van der Waals surface area contributed by atoms with Gasteiger partial charge in [0.1, 0.15) is 6.54 Å². The third kappa shape index (κ3) is 5.09. The van der Waals surface area contributed by atoms with Crippen LogP contribution in [0.5, 0.6) is 0 Å². The van der Waals surface area contributed by atoms with Crippen LogP contribution in [0.4, 0.5) is 0 Å². The maximum absolute atomic E-state index is 12.0. The number of nitrogens with zero attached hydrogens (tertiary/aromatic N) is 1. The smallest absolute Gasteiger partial charge is 0.325 e. The minimum absolute atomic E-state index is 0.0803. The summed E-state index contributed by atoms with van der Waals surface area (Å²) in [5.41, 5.74) is 6.54. The second-order valence-corrected chi connectivity index (χ2v) is 4.27. The van der Waals surface area contributed by atoms with Gasteiger partial charge in [-0.1, -0.05) is 30.3 Å². The van der Waals surface area contributed by atoms with Crippen LogP contribution in [0.1, 0.15) is 19.4 Å². The van der Waals surface area contributed by atoms with Crippen LogP contribution in [-0.2, 0) is 20.9 Å². The predicted octanol–water partition coefficient (Wildman–Crippen LogP) is 0.925. The number of carbonyl (C=O) groups is 2. The van der Waals surface area contributed by atoms with E-state index in [1.165, 1.54) is 4.90 Å². The van der Waals surface area contributed by atoms with E-state index in [0.29, 0.717) is 13.2 Å². The maximum Gasteiger partial charge on any atom is 0.325 e. The fourth-order valence-corrected chi connectivity index (χ4v) is 1.67. The Bertz CT molecular complexity index is 418. The number of benzene rings is 1. The molecule has 0 fully saturated rings. The first-order valence-electron chi connectivity index (χ1n) is 6.28. The fourth-order valence-electron chi connectivity index (χ4n) is 1.67. The zero-order valence-electron chi connectivity index (χ0n) is 11.3. The quantitative estimate of drug-likeness (QED) is 0.776. The molecule has 0 radical (unpaired) electrons. The molecule has 1 rings (SSSR count). The largest absolute Gasteiger partial charge is 0.465 e. The Kier molecular flexibility index (Phi) is 6.02. The molecule has 0 heterocycles. The first-order valence-corrected chi connectivity index (χ1v) is 6.28. The summed E-state index contributed by atoms with van der Waals surface area (Å²) in [6.45, 7) is 3.89. The highest BCUT2D eigenvalue weighted by Crippen LogP contribution is 2.06. The summed E-state index contributed by atoms with van der Waals surface area (Å²) in [5.74, 6) is -0.690. The molecule has 1 unspecified atom stereocenters. The summed E-state index contributed by atoms with van der Waals surface area (Å²) in [4.78, 5) is 24.9. The zero-order valence-corrected chi connectivity index (χ0v) is 11.3. The first-order chi connectivity index (χ1) is 9.04. The van der Waals surface area contributed by atoms with E-state index in [4.69, 9.17) is 10.5 Å². The van der Waals surface area contributed by atoms with E-state index in [9.17, 15) is 9.59 Å². The minimum atomic E-state index is -0.641. The van der Waals surface area contributed by atoms with Gasteiger partial charge in [0.2, 0.25) is 5.91 Å². The van der Waals surface area contributed by atoms with E-state index in [2.05, 4.69) is 0 Å². The highest BCUT2D eigenvalue weighted by atomic mass is 16.5. The van der Waals surface area contributed by atoms with Crippen LogP contribution in [0.2, 0.25) is 0 Å². The van der Waals surface area contributed by atoms with E-state index in [1.807, 2.05) is 30.3 Å². The first kappa shape index (κ1) is 15.2. The van der Waals surface area contributed by atoms with E-state index in [1.54, 1.807) is 13.8 Å². The lowest BCUT2D eigenvalue weighted by Crippen LogP contribution is -2.44. The summed E-state index contributed by atoms with van der Waals surface area (Å²) in [6.07, 6.45) is 0. The molecule has 1 atom stereocenters. The number of carbonyl (C=O) groups excluding carboxylic acids is 2. The average Bonchev–Trinajstić information content (AvgIpc) is 2.38. The molecule has 0 bridgehead atoms. The van der Waals surface area contributed by atoms with Gasteiger partial charge in [-0.2, -0.15) is 0 Å². The summed E-state index contributed by atoms with van der Waals surface area (Å²) < 4.78 is 4.87. The van der Waals surface area contributed by atoms with E-state index in [-0.39, 0.29) is 12.5 Å². The van der Waals surface area contributed by atoms with Gasteiger partial charge in [0.05, 0.1) is 12.6 Å². The Morgan fingerprint density at radius 1 is 1.32 bits per heavy atom. The van der Waals surface area contributed by atoms with Gasteiger partial charge < -0.3 is 15.4 Å². The summed E-state index contributed by atoms with van der Waals surface area (Å²) in [6, 6.07) is 8.81. The standard InChI is InChI=1S/C14H20N2O3/c1-3-19-13(17)10-16(14(18)11(2)15)9-12-7-5-4-6-8-12/h4-8,11H,3,9-10,15H2,1-2H3. The van der Waals surface area contributed by atoms with Crippen molar-refractivity contribution in [3.8, 4) is 0 Å². The summed E-state index contributed by atoms with van der Waals surface area (Å²) in [7, 11) is 0. The Hall–Kier alpha value is -1.88. The van der Waals surface area contributed by atoms with E-state index < -0.39 is 12.0 Å². The number of esters is 1. The average molecular weight is 264 g/mol. The van der Waals surface area contributed by atoms with Crippen molar-refractivity contribution >= 4 is 11.9 Å². The van der Waals surface area contributed by atoms with Gasteiger partial charge >= 0.3 is 5.97 Å². The molecule has 0 saturated carbocycles. The molecule has 19 heavy (non-hydrogen) atoms. The molecule has 0 saturated heterocycles. The second kappa shape index (κ2) is 7.53. The minimum Gasteiger partial charge on any atom is -0.465 e. The van der Waals surface area contributed by atoms with Crippen molar-refractivity contribution in [2.45, 2.75) is 26.4 Å². The molecule has 1 aromatic rings. The molecule has 0 aliphatic heterocycles. The Balaban J connectivity index is 2.75. The molecule has 0 aliphatic rings. The molecular weight excluding hydrogens is 244 g/mol. The van der Waals surface area contributed by atoms with Crippen molar-refractivity contribution in [3.63, 3.8) is 0 Å². The summed E-state index contributed by atoms with van der Waals surface area (Å²) >= 11 is 0. The zero-order chi connectivity index (χ0) is 14.3. The lowest BCUT2D eigenvalue weighted by molar-refractivity contribution is -0.149. The van der Waals surface area contributed by atoms with Crippen molar-refractivity contribution < 1.29 is 14.3 Å². The van der Waals surface area contributed by atoms with Gasteiger partial charge in [-0.05, 0) is 19.4 Å². The number of nitrogens with two attached hydrogens (primary N) is 1. The number of hydrogen-bond acceptors (Lipinski definition) is 4. The van der Waals surface area contributed by atoms with Crippen LogP contribution in [0.3, 0.4) is 0 Å². The van der Waals surface area contributed by atoms with Gasteiger partial charge in [0.15, 0.2) is 0 Å². The molecule has 0 aromatic heterocycles. The van der Waals surface area contributed by atoms with Gasteiger partial charge in [0, 0.05) is 6.54 Å². The molecule has 5 heteroatoms. The number of amides is 1. The van der Waals surface area contributed by atoms with Gasteiger partial charge in [-0.15, -0.1) is 0 Å². The van der Waals surface area contributed by atoms with Gasteiger partial charge in [-0.25, -0.2) is 0 Å². The van der Waals surface area contributed by atoms with Gasteiger partial charge in [0.25, 0.3) is 0 Å². The highest BCUT2D eigenvalue weighted by molar-refractivity contribution is 5.85. The highest BCUT2D eigenvalue weighted by Gasteiger charge is 2.20. The van der Waals surface area contributed by atoms with Crippen LogP contribution in [0, 0.1) is 0 Å².